The fourth-order valence-electron chi connectivity index (χ4n) is 0.738. The highest BCUT2D eigenvalue weighted by Gasteiger charge is 2.15. The molecule has 0 bridgehead atoms. The second-order valence-electron chi connectivity index (χ2n) is 2.02. The van der Waals surface area contributed by atoms with Crippen molar-refractivity contribution in [1.82, 2.24) is 0 Å². The maximum Gasteiger partial charge on any atom is 0.198 e. The molecule has 0 amide bonds. The third kappa shape index (κ3) is 2.89. The van der Waals surface area contributed by atoms with Gasteiger partial charge in [-0.3, -0.25) is 0 Å². The number of phenols is 1. The van der Waals surface area contributed by atoms with Gasteiger partial charge in [0.05, 0.1) is 0 Å². The highest BCUT2D eigenvalue weighted by atomic mass is 32.2. The monoisotopic (exact) mass is 189 g/mol. The Labute approximate surface area is 72.7 Å². The number of fused-ring (bicyclic) bond motifs is 1. The molecule has 2 aliphatic rings. The predicted molar refractivity (Wildman–Crippen MR) is 48.3 cm³/mol. The first kappa shape index (κ1) is 10.9. The number of hydrogen-bond acceptors (Lipinski definition) is 3. The van der Waals surface area contributed by atoms with E-state index in [0.717, 1.165) is 5.56 Å². The molecule has 2 rings (SSSR count). The van der Waals surface area contributed by atoms with E-state index in [2.05, 4.69) is 5.14 Å². The molecule has 0 aliphatic heterocycles. The van der Waals surface area contributed by atoms with Gasteiger partial charge >= 0.3 is 0 Å². The van der Waals surface area contributed by atoms with Crippen LogP contribution in [-0.2, 0) is 10.9 Å². The van der Waals surface area contributed by atoms with Gasteiger partial charge < -0.3 is 5.11 Å². The lowest BCUT2D eigenvalue weighted by Crippen LogP contribution is -1.85. The predicted octanol–water partition coefficient (Wildman–Crippen LogP) is 0.480. The lowest BCUT2D eigenvalue weighted by atomic mass is 10.5. The van der Waals surface area contributed by atoms with Crippen molar-refractivity contribution in [2.75, 3.05) is 0 Å². The van der Waals surface area contributed by atoms with Crippen LogP contribution in [0.1, 0.15) is 7.43 Å². The fourth-order valence-corrected chi connectivity index (χ4v) is 0.738. The smallest absolute Gasteiger partial charge is 0.198 e. The van der Waals surface area contributed by atoms with Gasteiger partial charge in [-0.25, -0.2) is 13.6 Å². The summed E-state index contributed by atoms with van der Waals surface area (Å²) in [4.78, 5) is 0. The molecular weight excluding hydrogens is 178 g/mol. The van der Waals surface area contributed by atoms with Crippen LogP contribution in [0.25, 0.3) is 11.1 Å². The van der Waals surface area contributed by atoms with Crippen molar-refractivity contribution < 1.29 is 13.5 Å². The van der Waals surface area contributed by atoms with Crippen molar-refractivity contribution in [3.8, 4) is 16.9 Å². The maximum atomic E-state index is 8.81. The SMILES string of the molecule is C.N[SH](=O)=O.Oc1ccc2cc1-2. The minimum Gasteiger partial charge on any atom is -0.507 e. The molecule has 0 aromatic rings. The molecule has 3 N–H and O–H groups in total. The van der Waals surface area contributed by atoms with Gasteiger partial charge in [-0.2, -0.15) is 0 Å². The molecule has 4 nitrogen and oxygen atoms in total. The third-order valence-electron chi connectivity index (χ3n) is 1.22. The van der Waals surface area contributed by atoms with Crippen LogP contribution < -0.4 is 5.14 Å². The Kier molecular flexibility index (Phi) is 3.72. The standard InChI is InChI=1S/C6H4O.CH4.H3NO2S/c7-6-2-1-4-3-5(4)6;;1-4(2)3/h1-3,7H;1H4;4H,(H2,1,2,3). The van der Waals surface area contributed by atoms with Gasteiger partial charge in [0.15, 0.2) is 10.9 Å². The number of aromatic hydroxyl groups is 1. The molecule has 2 aliphatic carbocycles. The van der Waals surface area contributed by atoms with Gasteiger partial charge in [0.1, 0.15) is 5.75 Å². The minimum atomic E-state index is -2.62. The topological polar surface area (TPSA) is 80.4 Å². The van der Waals surface area contributed by atoms with Crippen LogP contribution in [0.3, 0.4) is 0 Å². The number of benzene rings is 1. The summed E-state index contributed by atoms with van der Waals surface area (Å²) < 4.78 is 17.6. The Morgan fingerprint density at radius 2 is 1.83 bits per heavy atom. The van der Waals surface area contributed by atoms with Gasteiger partial charge in [0.25, 0.3) is 0 Å². The molecular formula is C7H11NO3S. The largest absolute Gasteiger partial charge is 0.507 e. The summed E-state index contributed by atoms with van der Waals surface area (Å²) in [6, 6.07) is 5.57. The van der Waals surface area contributed by atoms with Crippen LogP contribution in [0.5, 0.6) is 5.75 Å². The van der Waals surface area contributed by atoms with E-state index in [9.17, 15) is 0 Å². The summed E-state index contributed by atoms with van der Waals surface area (Å²) in [6.45, 7) is 0. The molecule has 0 unspecified atom stereocenters. The van der Waals surface area contributed by atoms with Crippen molar-refractivity contribution >= 4 is 10.9 Å². The molecule has 0 fully saturated rings. The zero-order valence-corrected chi connectivity index (χ0v) is 6.41. The van der Waals surface area contributed by atoms with Crippen molar-refractivity contribution in [3.63, 3.8) is 0 Å². The van der Waals surface area contributed by atoms with Gasteiger partial charge in [-0.15, -0.1) is 0 Å². The molecule has 0 heterocycles. The first-order valence-electron chi connectivity index (χ1n) is 2.83. The van der Waals surface area contributed by atoms with E-state index >= 15 is 0 Å². The van der Waals surface area contributed by atoms with Gasteiger partial charge in [-0.1, -0.05) is 13.5 Å². The van der Waals surface area contributed by atoms with E-state index in [0.29, 0.717) is 5.75 Å². The fraction of sp³-hybridized carbons (Fsp3) is 0.143. The maximum absolute atomic E-state index is 8.81. The summed E-state index contributed by atoms with van der Waals surface area (Å²) in [5.41, 5.74) is 2.22. The van der Waals surface area contributed by atoms with Gasteiger partial charge in [-0.05, 0) is 17.7 Å². The molecule has 68 valence electrons. The summed E-state index contributed by atoms with van der Waals surface area (Å²) in [6.07, 6.45) is 0. The molecule has 0 radical (unpaired) electrons. The molecule has 5 heteroatoms. The summed E-state index contributed by atoms with van der Waals surface area (Å²) in [7, 11) is -2.62. The molecule has 0 aromatic carbocycles. The number of nitrogens with two attached hydrogens (primary N) is 1. The van der Waals surface area contributed by atoms with Crippen LogP contribution in [0, 0.1) is 0 Å². The molecule has 0 saturated heterocycles. The minimum absolute atomic E-state index is 0. The average molecular weight is 189 g/mol. The van der Waals surface area contributed by atoms with Crippen LogP contribution in [0.2, 0.25) is 0 Å². The highest BCUT2D eigenvalue weighted by Crippen LogP contribution is 2.42. The zero-order valence-electron chi connectivity index (χ0n) is 5.52. The Bertz CT molecular complexity index is 339. The number of thiol groups is 1. The Balaban J connectivity index is 0.000000217. The van der Waals surface area contributed by atoms with Crippen LogP contribution in [-0.4, -0.2) is 13.5 Å². The second-order valence-corrected chi connectivity index (χ2v) is 2.59. The molecule has 0 aromatic heterocycles. The summed E-state index contributed by atoms with van der Waals surface area (Å²) >= 11 is 0. The Morgan fingerprint density at radius 3 is 1.92 bits per heavy atom. The van der Waals surface area contributed by atoms with E-state index in [-0.39, 0.29) is 7.43 Å². The number of rotatable bonds is 0. The van der Waals surface area contributed by atoms with Crippen molar-refractivity contribution in [3.05, 3.63) is 18.2 Å². The highest BCUT2D eigenvalue weighted by molar-refractivity contribution is 7.69. The lowest BCUT2D eigenvalue weighted by molar-refractivity contribution is 0.480. The van der Waals surface area contributed by atoms with Crippen LogP contribution in [0.15, 0.2) is 18.2 Å². The number of hydrogen-bond donors (Lipinski definition) is 3. The van der Waals surface area contributed by atoms with Crippen LogP contribution in [0.4, 0.5) is 0 Å². The third-order valence-corrected chi connectivity index (χ3v) is 1.22. The van der Waals surface area contributed by atoms with E-state index in [1.807, 2.05) is 12.1 Å². The Morgan fingerprint density at radius 1 is 1.33 bits per heavy atom. The van der Waals surface area contributed by atoms with E-state index in [1.165, 1.54) is 5.56 Å². The first-order valence-corrected chi connectivity index (χ1v) is 4.08. The summed E-state index contributed by atoms with van der Waals surface area (Å²) in [5, 5.41) is 12.8. The zero-order chi connectivity index (χ0) is 8.43. The second kappa shape index (κ2) is 4.08. The molecule has 0 spiro atoms. The first-order chi connectivity index (χ1) is 5.11. The van der Waals surface area contributed by atoms with Crippen LogP contribution >= 0.6 is 0 Å². The normalized spacial score (nSPS) is 9.50. The van der Waals surface area contributed by atoms with Gasteiger partial charge in [0.2, 0.25) is 0 Å². The molecule has 0 atom stereocenters. The van der Waals surface area contributed by atoms with Crippen molar-refractivity contribution in [2.45, 2.75) is 7.43 Å². The molecule has 0 saturated carbocycles. The lowest BCUT2D eigenvalue weighted by Gasteiger charge is -1.72. The average Bonchev–Trinajstić information content (AvgIpc) is 2.54. The number of phenolic OH excluding ortho intramolecular Hbond substituents is 1. The van der Waals surface area contributed by atoms with E-state index < -0.39 is 10.9 Å². The quantitative estimate of drug-likeness (QED) is 0.527. The van der Waals surface area contributed by atoms with E-state index in [4.69, 9.17) is 13.5 Å². The van der Waals surface area contributed by atoms with Gasteiger partial charge in [0, 0.05) is 5.56 Å². The summed E-state index contributed by atoms with van der Waals surface area (Å²) in [5.74, 6) is 0.426. The molecule has 12 heavy (non-hydrogen) atoms. The van der Waals surface area contributed by atoms with Crippen molar-refractivity contribution in [1.29, 1.82) is 0 Å². The van der Waals surface area contributed by atoms with E-state index in [1.54, 1.807) is 6.07 Å². The Hall–Kier alpha value is -1.07. The van der Waals surface area contributed by atoms with Crippen molar-refractivity contribution in [2.24, 2.45) is 5.14 Å².